The summed E-state index contributed by atoms with van der Waals surface area (Å²) in [6.45, 7) is 9.48. The third-order valence-electron chi connectivity index (χ3n) is 15.5. The number of ether oxygens (including phenoxy) is 4. The summed E-state index contributed by atoms with van der Waals surface area (Å²) in [6, 6.07) is 0. The Morgan fingerprint density at radius 3 is 0.791 bits per heavy atom. The van der Waals surface area contributed by atoms with Crippen LogP contribution in [-0.4, -0.2) is 96.7 Å². The highest BCUT2D eigenvalue weighted by atomic mass is 31.2. The summed E-state index contributed by atoms with van der Waals surface area (Å²) in [4.78, 5) is 72.2. The third kappa shape index (κ3) is 60.9. The summed E-state index contributed by atoms with van der Waals surface area (Å²) in [6.07, 6.45) is 43.2. The van der Waals surface area contributed by atoms with Crippen molar-refractivity contribution in [3.63, 3.8) is 0 Å². The summed E-state index contributed by atoms with van der Waals surface area (Å²) in [5, 5.41) is 10.5. The van der Waals surface area contributed by atoms with Crippen molar-refractivity contribution in [3.05, 3.63) is 0 Å². The van der Waals surface area contributed by atoms with Crippen LogP contribution in [0.3, 0.4) is 0 Å². The Labute approximate surface area is 524 Å². The minimum Gasteiger partial charge on any atom is -0.462 e. The lowest BCUT2D eigenvalue weighted by molar-refractivity contribution is -0.161. The van der Waals surface area contributed by atoms with Crippen LogP contribution < -0.4 is 0 Å². The Bertz CT molecular complexity index is 1680. The van der Waals surface area contributed by atoms with E-state index < -0.39 is 97.5 Å². The van der Waals surface area contributed by atoms with Crippen molar-refractivity contribution in [1.82, 2.24) is 0 Å². The molecule has 0 aromatic carbocycles. The fraction of sp³-hybridized carbons (Fsp3) is 0.940. The van der Waals surface area contributed by atoms with E-state index in [9.17, 15) is 43.2 Å². The first kappa shape index (κ1) is 84.1. The number of unbranched alkanes of at least 4 members (excludes halogenated alkanes) is 36. The van der Waals surface area contributed by atoms with E-state index in [1.807, 2.05) is 0 Å². The molecule has 0 saturated heterocycles. The average Bonchev–Trinajstić information content (AvgIpc) is 3.67. The van der Waals surface area contributed by atoms with Crippen molar-refractivity contribution in [2.24, 2.45) is 11.8 Å². The van der Waals surface area contributed by atoms with Gasteiger partial charge in [-0.2, -0.15) is 0 Å². The number of hydrogen-bond acceptors (Lipinski definition) is 15. The van der Waals surface area contributed by atoms with E-state index >= 15 is 0 Å². The fourth-order valence-corrected chi connectivity index (χ4v) is 11.6. The summed E-state index contributed by atoms with van der Waals surface area (Å²) in [5.41, 5.74) is 0. The molecule has 5 atom stereocenters. The second-order valence-corrected chi connectivity index (χ2v) is 28.1. The molecule has 0 radical (unpaired) electrons. The molecule has 0 rings (SSSR count). The minimum atomic E-state index is -4.95. The highest BCUT2D eigenvalue weighted by Gasteiger charge is 2.30. The van der Waals surface area contributed by atoms with Gasteiger partial charge in [-0.15, -0.1) is 0 Å². The largest absolute Gasteiger partial charge is 0.472 e. The number of aliphatic hydroxyl groups excluding tert-OH is 1. The molecule has 0 aliphatic carbocycles. The molecule has 17 nitrogen and oxygen atoms in total. The Hall–Kier alpha value is -1.94. The monoisotopic (exact) mass is 1270 g/mol. The highest BCUT2D eigenvalue weighted by Crippen LogP contribution is 2.45. The number of rotatable bonds is 66. The molecule has 2 unspecified atom stereocenters. The van der Waals surface area contributed by atoms with Gasteiger partial charge in [0.15, 0.2) is 12.2 Å². The first-order valence-electron chi connectivity index (χ1n) is 35.0. The lowest BCUT2D eigenvalue weighted by atomic mass is 10.0. The van der Waals surface area contributed by atoms with E-state index in [0.29, 0.717) is 25.7 Å². The van der Waals surface area contributed by atoms with E-state index in [4.69, 9.17) is 37.0 Å². The minimum absolute atomic E-state index is 0.104. The number of phosphoric ester groups is 2. The molecule has 510 valence electrons. The maximum atomic E-state index is 13.0. The molecule has 19 heteroatoms. The molecule has 3 N–H and O–H groups in total. The van der Waals surface area contributed by atoms with Crippen LogP contribution in [0.4, 0.5) is 0 Å². The van der Waals surface area contributed by atoms with Crippen molar-refractivity contribution in [2.45, 2.75) is 355 Å². The van der Waals surface area contributed by atoms with E-state index in [-0.39, 0.29) is 25.7 Å². The first-order chi connectivity index (χ1) is 41.4. The molecule has 86 heavy (non-hydrogen) atoms. The van der Waals surface area contributed by atoms with Gasteiger partial charge in [-0.1, -0.05) is 286 Å². The van der Waals surface area contributed by atoms with Gasteiger partial charge in [0.2, 0.25) is 0 Å². The van der Waals surface area contributed by atoms with Gasteiger partial charge >= 0.3 is 39.5 Å². The van der Waals surface area contributed by atoms with Gasteiger partial charge in [-0.3, -0.25) is 37.3 Å². The maximum Gasteiger partial charge on any atom is 0.472 e. The molecule has 0 aliphatic heterocycles. The normalized spacial score (nSPS) is 14.2. The number of esters is 4. The Morgan fingerprint density at radius 2 is 0.535 bits per heavy atom. The second-order valence-electron chi connectivity index (χ2n) is 25.2. The quantitative estimate of drug-likeness (QED) is 0.0222. The van der Waals surface area contributed by atoms with Crippen LogP contribution in [0, 0.1) is 11.8 Å². The second kappa shape index (κ2) is 59.4. The molecule has 0 heterocycles. The topological polar surface area (TPSA) is 237 Å². The molecule has 0 saturated carbocycles. The smallest absolute Gasteiger partial charge is 0.462 e. The van der Waals surface area contributed by atoms with Crippen LogP contribution in [0.25, 0.3) is 0 Å². The van der Waals surface area contributed by atoms with Gasteiger partial charge in [0, 0.05) is 25.7 Å². The van der Waals surface area contributed by atoms with Gasteiger partial charge < -0.3 is 33.8 Å². The number of hydrogen-bond donors (Lipinski definition) is 3. The van der Waals surface area contributed by atoms with Crippen LogP contribution in [0.2, 0.25) is 0 Å². The number of aliphatic hydroxyl groups is 1. The van der Waals surface area contributed by atoms with E-state index in [1.165, 1.54) is 135 Å². The summed E-state index contributed by atoms with van der Waals surface area (Å²) in [5.74, 6) is -0.567. The predicted molar refractivity (Wildman–Crippen MR) is 345 cm³/mol. The van der Waals surface area contributed by atoms with Gasteiger partial charge in [0.05, 0.1) is 26.4 Å². The lowest BCUT2D eigenvalue weighted by Gasteiger charge is -2.21. The SMILES string of the molecule is CCCCCCCCCCC(=O)O[C@H](COC(=O)CCCCCCCCC)COP(=O)(O)OC[C@H](O)COP(=O)(O)OC[C@@H](COC(=O)CCCCCCCCCCCCCCC(C)C)OC(=O)CCCCCCCCCCCCCCCC(C)C. The van der Waals surface area contributed by atoms with Crippen LogP contribution in [0.1, 0.15) is 337 Å². The van der Waals surface area contributed by atoms with Gasteiger partial charge in [0.25, 0.3) is 0 Å². The number of carbonyl (C=O) groups is 4. The fourth-order valence-electron chi connectivity index (χ4n) is 10.1. The van der Waals surface area contributed by atoms with Crippen molar-refractivity contribution >= 4 is 39.5 Å². The number of phosphoric acid groups is 2. The van der Waals surface area contributed by atoms with Gasteiger partial charge in [0.1, 0.15) is 19.3 Å². The van der Waals surface area contributed by atoms with Crippen LogP contribution in [0.5, 0.6) is 0 Å². The first-order valence-corrected chi connectivity index (χ1v) is 38.0. The Kier molecular flexibility index (Phi) is 58.0. The molecule has 0 bridgehead atoms. The summed E-state index contributed by atoms with van der Waals surface area (Å²) in [7, 11) is -9.88. The molecule has 0 spiro atoms. The maximum absolute atomic E-state index is 13.0. The van der Waals surface area contributed by atoms with Crippen LogP contribution >= 0.6 is 15.6 Å². The van der Waals surface area contributed by atoms with Gasteiger partial charge in [-0.25, -0.2) is 9.13 Å². The lowest BCUT2D eigenvalue weighted by Crippen LogP contribution is -2.30. The van der Waals surface area contributed by atoms with Crippen molar-refractivity contribution in [3.8, 4) is 0 Å². The zero-order chi connectivity index (χ0) is 63.6. The molecular weight excluding hydrogens is 1140 g/mol. The molecule has 0 amide bonds. The zero-order valence-corrected chi connectivity index (χ0v) is 57.4. The third-order valence-corrected chi connectivity index (χ3v) is 17.4. The predicted octanol–water partition coefficient (Wildman–Crippen LogP) is 18.8. The highest BCUT2D eigenvalue weighted by molar-refractivity contribution is 7.47. The molecule has 0 fully saturated rings. The summed E-state index contributed by atoms with van der Waals surface area (Å²) < 4.78 is 68.0. The summed E-state index contributed by atoms with van der Waals surface area (Å²) >= 11 is 0. The average molecular weight is 1270 g/mol. The molecule has 0 aromatic rings. The zero-order valence-electron chi connectivity index (χ0n) is 55.6. The Morgan fingerprint density at radius 1 is 0.314 bits per heavy atom. The molecular formula is C67H130O17P2. The van der Waals surface area contributed by atoms with Crippen LogP contribution in [0.15, 0.2) is 0 Å². The standard InChI is InChI=1S/C67H130O17P2/c1-7-9-11-13-15-32-39-45-51-66(71)83-62(55-77-64(69)49-43-37-29-14-12-10-8-2)57-81-85(73,74)79-53-61(68)54-80-86(75,76)82-58-63(56-78-65(70)50-44-38-33-27-23-20-19-22-26-31-36-42-48-60(5)6)84-67(72)52-46-40-34-28-24-18-16-17-21-25-30-35-41-47-59(3)4/h59-63,68H,7-58H2,1-6H3,(H,73,74)(H,75,76)/t61-,62+,63+/m0/s1. The van der Waals surface area contributed by atoms with Crippen molar-refractivity contribution in [1.29, 1.82) is 0 Å². The molecule has 0 aliphatic rings. The van der Waals surface area contributed by atoms with E-state index in [1.54, 1.807) is 0 Å². The number of carbonyl (C=O) groups excluding carboxylic acids is 4. The van der Waals surface area contributed by atoms with Crippen molar-refractivity contribution < 1.29 is 80.2 Å². The van der Waals surface area contributed by atoms with Gasteiger partial charge in [-0.05, 0) is 37.5 Å². The van der Waals surface area contributed by atoms with Crippen molar-refractivity contribution in [2.75, 3.05) is 39.6 Å². The Balaban J connectivity index is 5.18. The van der Waals surface area contributed by atoms with Crippen LogP contribution in [-0.2, 0) is 65.4 Å². The van der Waals surface area contributed by atoms with E-state index in [2.05, 4.69) is 41.5 Å². The molecule has 0 aromatic heterocycles. The van der Waals surface area contributed by atoms with E-state index in [0.717, 1.165) is 121 Å².